The highest BCUT2D eigenvalue weighted by Gasteiger charge is 2.47. The minimum atomic E-state index is -2.54. The van der Waals surface area contributed by atoms with Gasteiger partial charge >= 0.3 is 0 Å². The summed E-state index contributed by atoms with van der Waals surface area (Å²) in [6, 6.07) is 18.4. The van der Waals surface area contributed by atoms with Gasteiger partial charge in [0.25, 0.3) is 6.69 Å². The Morgan fingerprint density at radius 2 is 1.52 bits per heavy atom. The van der Waals surface area contributed by atoms with Crippen molar-refractivity contribution in [2.24, 2.45) is 12.5 Å². The Balaban J connectivity index is 1.52. The molecule has 4 heteroatoms. The van der Waals surface area contributed by atoms with Crippen LogP contribution in [0.2, 0.25) is 6.04 Å². The normalized spacial score (nSPS) is 16.0. The molecule has 31 heavy (non-hydrogen) atoms. The van der Waals surface area contributed by atoms with Gasteiger partial charge in [0, 0.05) is 29.1 Å². The summed E-state index contributed by atoms with van der Waals surface area (Å²) < 4.78 is 2.33. The third-order valence-electron chi connectivity index (χ3n) is 6.82. The van der Waals surface area contributed by atoms with Crippen molar-refractivity contribution >= 4 is 39.8 Å². The first-order valence-corrected chi connectivity index (χ1v) is 16.1. The number of benzene rings is 2. The van der Waals surface area contributed by atoms with Gasteiger partial charge in [0.15, 0.2) is 0 Å². The number of hydrogen-bond donors (Lipinski definition) is 0. The summed E-state index contributed by atoms with van der Waals surface area (Å²) in [6.45, 7) is 4.44. The summed E-state index contributed by atoms with van der Waals surface area (Å²) in [5.41, 5.74) is 7.17. The molecule has 1 aliphatic carbocycles. The van der Waals surface area contributed by atoms with Crippen molar-refractivity contribution in [3.8, 4) is 11.3 Å². The van der Waals surface area contributed by atoms with Crippen molar-refractivity contribution < 1.29 is 0 Å². The van der Waals surface area contributed by atoms with Crippen LogP contribution in [0.4, 0.5) is 0 Å². The van der Waals surface area contributed by atoms with E-state index in [-0.39, 0.29) is 5.54 Å². The number of fused-ring (bicyclic) bond motifs is 5. The number of unbranched alkanes of at least 4 members (excludes halogenated alkanes) is 4. The molecule has 0 radical (unpaired) electrons. The van der Waals surface area contributed by atoms with Crippen LogP contribution < -0.4 is 0 Å². The first-order valence-electron chi connectivity index (χ1n) is 11.8. The number of para-hydroxylation sites is 1. The minimum absolute atomic E-state index is 0.147. The molecule has 1 atom stereocenters. The van der Waals surface area contributed by atoms with E-state index >= 15 is 0 Å². The number of halogens is 2. The summed E-state index contributed by atoms with van der Waals surface area (Å²) in [5.74, 6) is 0. The van der Waals surface area contributed by atoms with Gasteiger partial charge in [0.05, 0.1) is 5.69 Å². The lowest BCUT2D eigenvalue weighted by Gasteiger charge is -2.26. The fraction of sp³-hybridized carbons (Fsp3) is 0.481. The molecule has 0 aliphatic heterocycles. The highest BCUT2D eigenvalue weighted by molar-refractivity contribution is 7.46. The van der Waals surface area contributed by atoms with E-state index in [2.05, 4.69) is 80.9 Å². The average molecular weight is 473 g/mol. The zero-order valence-electron chi connectivity index (χ0n) is 19.3. The zero-order chi connectivity index (χ0) is 22.2. The summed E-state index contributed by atoms with van der Waals surface area (Å²) in [7, 11) is 2.17. The molecule has 1 unspecified atom stereocenters. The molecule has 2 aromatic carbocycles. The molecule has 1 aliphatic rings. The van der Waals surface area contributed by atoms with Crippen molar-refractivity contribution in [1.82, 2.24) is 4.57 Å². The van der Waals surface area contributed by atoms with Crippen LogP contribution in [-0.4, -0.2) is 11.3 Å². The maximum atomic E-state index is 7.30. The van der Waals surface area contributed by atoms with Gasteiger partial charge in [-0.05, 0) is 35.1 Å². The van der Waals surface area contributed by atoms with E-state index in [1.165, 1.54) is 65.4 Å². The van der Waals surface area contributed by atoms with E-state index < -0.39 is 6.69 Å². The first kappa shape index (κ1) is 23.0. The number of nitrogens with zero attached hydrogens (tertiary/aromatic N) is 1. The van der Waals surface area contributed by atoms with Gasteiger partial charge in [-0.2, -0.15) is 0 Å². The van der Waals surface area contributed by atoms with Gasteiger partial charge in [-0.1, -0.05) is 95.3 Å². The maximum Gasteiger partial charge on any atom is 0.262 e. The van der Waals surface area contributed by atoms with Gasteiger partial charge in [-0.3, -0.25) is 0 Å². The summed E-state index contributed by atoms with van der Waals surface area (Å²) >= 11 is 14.6. The van der Waals surface area contributed by atoms with Crippen molar-refractivity contribution in [3.05, 3.63) is 59.7 Å². The van der Waals surface area contributed by atoms with Crippen LogP contribution >= 0.6 is 22.2 Å². The summed E-state index contributed by atoms with van der Waals surface area (Å²) in [4.78, 5) is 0. The SMILES string of the molecule is Cn1c2c(c3ccccc31)C([Si](Cl)(Cl)CCCCCCCC(C)(C)C)c1ccccc1-2. The quantitative estimate of drug-likeness (QED) is 0.175. The molecule has 0 amide bonds. The molecular weight excluding hydrogens is 437 g/mol. The molecule has 0 spiro atoms. The Hall–Kier alpha value is -1.22. The number of aryl methyl sites for hydroxylation is 1. The molecule has 1 aromatic heterocycles. The number of rotatable bonds is 8. The van der Waals surface area contributed by atoms with E-state index in [4.69, 9.17) is 22.2 Å². The van der Waals surface area contributed by atoms with Gasteiger partial charge in [-0.25, -0.2) is 0 Å². The molecule has 0 N–H and O–H groups in total. The number of hydrogen-bond acceptors (Lipinski definition) is 0. The standard InChI is InChI=1S/C27H35Cl2NSi/c1-27(2,3)18-12-6-5-7-13-19-31(28,29)26-21-15-9-8-14-20(21)25-24(26)22-16-10-11-17-23(22)30(25)4/h8-11,14-17,26H,5-7,12-13,18-19H2,1-4H3. The largest absolute Gasteiger partial charge is 0.343 e. The smallest absolute Gasteiger partial charge is 0.262 e. The third kappa shape index (κ3) is 4.63. The first-order chi connectivity index (χ1) is 14.7. The Bertz CT molecular complexity index is 1060. The second-order valence-electron chi connectivity index (χ2n) is 10.4. The lowest BCUT2D eigenvalue weighted by molar-refractivity contribution is 0.357. The third-order valence-corrected chi connectivity index (χ3v) is 11.7. The van der Waals surface area contributed by atoms with Crippen LogP contribution in [0.1, 0.15) is 76.0 Å². The second-order valence-corrected chi connectivity index (χ2v) is 17.7. The Kier molecular flexibility index (Phi) is 6.63. The average Bonchev–Trinajstić information content (AvgIpc) is 3.20. The maximum absolute atomic E-state index is 7.30. The van der Waals surface area contributed by atoms with Gasteiger partial charge in [0.2, 0.25) is 0 Å². The van der Waals surface area contributed by atoms with E-state index in [0.29, 0.717) is 5.41 Å². The topological polar surface area (TPSA) is 4.93 Å². The van der Waals surface area contributed by atoms with Crippen molar-refractivity contribution in [2.45, 2.75) is 70.9 Å². The molecular formula is C27H35Cl2NSi. The molecule has 4 rings (SSSR count). The molecule has 1 heterocycles. The highest BCUT2D eigenvalue weighted by Crippen LogP contribution is 2.55. The fourth-order valence-electron chi connectivity index (χ4n) is 5.29. The van der Waals surface area contributed by atoms with Crippen LogP contribution in [0.5, 0.6) is 0 Å². The molecule has 3 aromatic rings. The van der Waals surface area contributed by atoms with Crippen molar-refractivity contribution in [2.75, 3.05) is 0 Å². The molecule has 0 bridgehead atoms. The molecule has 0 saturated heterocycles. The lowest BCUT2D eigenvalue weighted by Crippen LogP contribution is -2.29. The predicted octanol–water partition coefficient (Wildman–Crippen LogP) is 9.14. The van der Waals surface area contributed by atoms with Crippen molar-refractivity contribution in [1.29, 1.82) is 0 Å². The summed E-state index contributed by atoms with van der Waals surface area (Å²) in [5, 5.41) is 1.31. The molecule has 1 nitrogen and oxygen atoms in total. The van der Waals surface area contributed by atoms with Crippen molar-refractivity contribution in [3.63, 3.8) is 0 Å². The van der Waals surface area contributed by atoms with E-state index in [9.17, 15) is 0 Å². The number of aromatic nitrogens is 1. The van der Waals surface area contributed by atoms with Crippen LogP contribution in [0.25, 0.3) is 22.2 Å². The lowest BCUT2D eigenvalue weighted by atomic mass is 9.89. The van der Waals surface area contributed by atoms with E-state index in [1.54, 1.807) is 0 Å². The Morgan fingerprint density at radius 1 is 0.871 bits per heavy atom. The minimum Gasteiger partial charge on any atom is -0.343 e. The van der Waals surface area contributed by atoms with Crippen LogP contribution in [-0.2, 0) is 7.05 Å². The van der Waals surface area contributed by atoms with Gasteiger partial charge < -0.3 is 4.57 Å². The van der Waals surface area contributed by atoms with Crippen LogP contribution in [0, 0.1) is 5.41 Å². The fourth-order valence-corrected chi connectivity index (χ4v) is 9.88. The van der Waals surface area contributed by atoms with Gasteiger partial charge in [-0.15, -0.1) is 22.2 Å². The van der Waals surface area contributed by atoms with Crippen LogP contribution in [0.15, 0.2) is 48.5 Å². The molecule has 0 saturated carbocycles. The Labute approximate surface area is 198 Å². The molecule has 0 fully saturated rings. The van der Waals surface area contributed by atoms with E-state index in [0.717, 1.165) is 12.5 Å². The predicted molar refractivity (Wildman–Crippen MR) is 140 cm³/mol. The molecule has 166 valence electrons. The monoisotopic (exact) mass is 471 g/mol. The highest BCUT2D eigenvalue weighted by atomic mass is 35.7. The summed E-state index contributed by atoms with van der Waals surface area (Å²) in [6.07, 6.45) is 7.59. The van der Waals surface area contributed by atoms with Crippen LogP contribution in [0.3, 0.4) is 0 Å². The van der Waals surface area contributed by atoms with Gasteiger partial charge in [0.1, 0.15) is 0 Å². The van der Waals surface area contributed by atoms with E-state index in [1.807, 2.05) is 0 Å². The zero-order valence-corrected chi connectivity index (χ0v) is 21.9. The Morgan fingerprint density at radius 3 is 2.29 bits per heavy atom. The second kappa shape index (κ2) is 8.96.